The molecule has 0 saturated carbocycles. The first-order chi connectivity index (χ1) is 15.3. The summed E-state index contributed by atoms with van der Waals surface area (Å²) in [7, 11) is -3.92. The maximum absolute atomic E-state index is 13.5. The molecule has 7 heteroatoms. The fourth-order valence-corrected chi connectivity index (χ4v) is 5.67. The molecule has 0 N–H and O–H groups in total. The molecule has 0 aliphatic carbocycles. The molecule has 3 aromatic rings. The van der Waals surface area contributed by atoms with Crippen molar-refractivity contribution >= 4 is 33.2 Å². The number of para-hydroxylation sites is 1. The third-order valence-corrected chi connectivity index (χ3v) is 7.74. The van der Waals surface area contributed by atoms with Gasteiger partial charge in [0.25, 0.3) is 0 Å². The Hall–Kier alpha value is -2.67. The Balaban J connectivity index is 1.68. The quantitative estimate of drug-likeness (QED) is 0.521. The van der Waals surface area contributed by atoms with E-state index in [1.165, 1.54) is 16.4 Å². The Morgan fingerprint density at radius 1 is 1.06 bits per heavy atom. The number of hydrogen-bond donors (Lipinski definition) is 0. The summed E-state index contributed by atoms with van der Waals surface area (Å²) in [5, 5.41) is 0.452. The molecule has 0 saturated heterocycles. The molecule has 1 atom stereocenters. The second kappa shape index (κ2) is 9.06. The maximum Gasteiger partial charge on any atom is 0.243 e. The summed E-state index contributed by atoms with van der Waals surface area (Å²) in [5.74, 6) is -0.243. The van der Waals surface area contributed by atoms with Gasteiger partial charge in [0.1, 0.15) is 0 Å². The highest BCUT2D eigenvalue weighted by atomic mass is 35.5. The highest BCUT2D eigenvalue weighted by Gasteiger charge is 2.34. The second-order valence-electron chi connectivity index (χ2n) is 8.16. The zero-order valence-electron chi connectivity index (χ0n) is 18.0. The Labute approximate surface area is 194 Å². The normalized spacial score (nSPS) is 15.8. The molecular formula is C25H25ClN2O3S. The molecule has 166 valence electrons. The van der Waals surface area contributed by atoms with Gasteiger partial charge in [-0.3, -0.25) is 4.79 Å². The molecule has 0 spiro atoms. The number of fused-ring (bicyclic) bond motifs is 1. The van der Waals surface area contributed by atoms with Crippen LogP contribution in [0.2, 0.25) is 5.02 Å². The van der Waals surface area contributed by atoms with E-state index in [1.807, 2.05) is 62.4 Å². The number of hydrogen-bond acceptors (Lipinski definition) is 3. The fraction of sp³-hybridized carbons (Fsp3) is 0.240. The molecule has 1 unspecified atom stereocenters. The molecule has 0 fully saturated rings. The summed E-state index contributed by atoms with van der Waals surface area (Å²) in [6, 6.07) is 21.4. The van der Waals surface area contributed by atoms with Gasteiger partial charge in [-0.05, 0) is 61.7 Å². The van der Waals surface area contributed by atoms with Gasteiger partial charge < -0.3 is 4.90 Å². The van der Waals surface area contributed by atoms with Crippen LogP contribution in [0.15, 0.2) is 77.7 Å². The van der Waals surface area contributed by atoms with Crippen molar-refractivity contribution < 1.29 is 13.2 Å². The van der Waals surface area contributed by atoms with Crippen LogP contribution in [0, 0.1) is 6.92 Å². The van der Waals surface area contributed by atoms with Crippen LogP contribution in [0.25, 0.3) is 0 Å². The minimum Gasteiger partial charge on any atom is -0.308 e. The van der Waals surface area contributed by atoms with Crippen molar-refractivity contribution in [3.63, 3.8) is 0 Å². The molecule has 1 aliphatic heterocycles. The smallest absolute Gasteiger partial charge is 0.243 e. The lowest BCUT2D eigenvalue weighted by Gasteiger charge is -2.27. The zero-order valence-corrected chi connectivity index (χ0v) is 19.6. The van der Waals surface area contributed by atoms with Crippen molar-refractivity contribution in [1.29, 1.82) is 0 Å². The lowest BCUT2D eigenvalue weighted by Crippen LogP contribution is -2.44. The van der Waals surface area contributed by atoms with Gasteiger partial charge in [-0.2, -0.15) is 4.31 Å². The van der Waals surface area contributed by atoms with E-state index in [1.54, 1.807) is 17.0 Å². The number of anilines is 1. The van der Waals surface area contributed by atoms with E-state index in [-0.39, 0.29) is 29.9 Å². The molecule has 3 aromatic carbocycles. The number of aryl methyl sites for hydroxylation is 1. The van der Waals surface area contributed by atoms with E-state index in [0.717, 1.165) is 28.8 Å². The van der Waals surface area contributed by atoms with Gasteiger partial charge >= 0.3 is 0 Å². The monoisotopic (exact) mass is 468 g/mol. The van der Waals surface area contributed by atoms with E-state index in [2.05, 4.69) is 0 Å². The van der Waals surface area contributed by atoms with Crippen molar-refractivity contribution in [2.24, 2.45) is 0 Å². The number of halogens is 1. The average Bonchev–Trinajstić information content (AvgIpc) is 3.09. The molecule has 5 nitrogen and oxygen atoms in total. The summed E-state index contributed by atoms with van der Waals surface area (Å²) in [6.07, 6.45) is 0.754. The average molecular weight is 469 g/mol. The van der Waals surface area contributed by atoms with Crippen LogP contribution in [0.4, 0.5) is 5.69 Å². The summed E-state index contributed by atoms with van der Waals surface area (Å²) in [4.78, 5) is 15.2. The van der Waals surface area contributed by atoms with Gasteiger partial charge in [-0.15, -0.1) is 0 Å². The van der Waals surface area contributed by atoms with E-state index in [0.29, 0.717) is 5.02 Å². The topological polar surface area (TPSA) is 57.7 Å². The highest BCUT2D eigenvalue weighted by molar-refractivity contribution is 7.89. The van der Waals surface area contributed by atoms with Crippen LogP contribution < -0.4 is 4.90 Å². The van der Waals surface area contributed by atoms with E-state index < -0.39 is 10.0 Å². The molecule has 32 heavy (non-hydrogen) atoms. The minimum absolute atomic E-state index is 0.0287. The van der Waals surface area contributed by atoms with Crippen molar-refractivity contribution in [1.82, 2.24) is 4.31 Å². The van der Waals surface area contributed by atoms with Crippen molar-refractivity contribution in [2.45, 2.75) is 37.8 Å². The van der Waals surface area contributed by atoms with Crippen LogP contribution in [0.1, 0.15) is 23.6 Å². The van der Waals surface area contributed by atoms with Gasteiger partial charge in [0.15, 0.2) is 0 Å². The maximum atomic E-state index is 13.5. The van der Waals surface area contributed by atoms with Crippen molar-refractivity contribution in [3.05, 3.63) is 94.5 Å². The van der Waals surface area contributed by atoms with Crippen molar-refractivity contribution in [3.8, 4) is 0 Å². The predicted octanol–water partition coefficient (Wildman–Crippen LogP) is 4.82. The van der Waals surface area contributed by atoms with Gasteiger partial charge in [0.2, 0.25) is 15.9 Å². The Morgan fingerprint density at radius 2 is 1.78 bits per heavy atom. The van der Waals surface area contributed by atoms with Crippen LogP contribution in [0.5, 0.6) is 0 Å². The minimum atomic E-state index is -3.92. The van der Waals surface area contributed by atoms with Crippen LogP contribution >= 0.6 is 11.6 Å². The first kappa shape index (κ1) is 22.5. The fourth-order valence-electron chi connectivity index (χ4n) is 4.17. The lowest BCUT2D eigenvalue weighted by atomic mass is 10.1. The van der Waals surface area contributed by atoms with E-state index in [9.17, 15) is 13.2 Å². The molecule has 1 heterocycles. The zero-order chi connectivity index (χ0) is 22.9. The molecule has 4 rings (SSSR count). The molecule has 0 bridgehead atoms. The van der Waals surface area contributed by atoms with E-state index >= 15 is 0 Å². The van der Waals surface area contributed by atoms with Gasteiger partial charge in [0.05, 0.1) is 11.4 Å². The molecule has 0 radical (unpaired) electrons. The third-order valence-electron chi connectivity index (χ3n) is 5.68. The molecular weight excluding hydrogens is 444 g/mol. The van der Waals surface area contributed by atoms with Crippen molar-refractivity contribution in [2.75, 3.05) is 11.4 Å². The largest absolute Gasteiger partial charge is 0.308 e. The number of amides is 1. The van der Waals surface area contributed by atoms with Crippen LogP contribution in [0.3, 0.4) is 0 Å². The SMILES string of the molecule is Cc1cccc(CN(CC(=O)N2c3ccccc3CC2C)S(=O)(=O)c2ccc(Cl)cc2)c1. The van der Waals surface area contributed by atoms with Gasteiger partial charge in [0, 0.05) is 23.3 Å². The highest BCUT2D eigenvalue weighted by Crippen LogP contribution is 2.32. The van der Waals surface area contributed by atoms with Gasteiger partial charge in [-0.1, -0.05) is 59.6 Å². The standard InChI is InChI=1S/C25H25ClN2O3S/c1-18-6-5-7-20(14-18)16-27(32(30,31)23-12-10-22(26)11-13-23)17-25(29)28-19(2)15-21-8-3-4-9-24(21)28/h3-14,19H,15-17H2,1-2H3. The molecule has 1 amide bonds. The van der Waals surface area contributed by atoms with Crippen LogP contribution in [-0.2, 0) is 27.8 Å². The van der Waals surface area contributed by atoms with Crippen LogP contribution in [-0.4, -0.2) is 31.2 Å². The second-order valence-corrected chi connectivity index (χ2v) is 10.5. The predicted molar refractivity (Wildman–Crippen MR) is 127 cm³/mol. The number of sulfonamides is 1. The van der Waals surface area contributed by atoms with E-state index in [4.69, 9.17) is 11.6 Å². The number of carbonyl (C=O) groups excluding carboxylic acids is 1. The Morgan fingerprint density at radius 3 is 2.50 bits per heavy atom. The van der Waals surface area contributed by atoms with Gasteiger partial charge in [-0.25, -0.2) is 8.42 Å². The first-order valence-corrected chi connectivity index (χ1v) is 12.3. The first-order valence-electron chi connectivity index (χ1n) is 10.5. The third kappa shape index (κ3) is 4.58. The molecule has 0 aromatic heterocycles. The summed E-state index contributed by atoms with van der Waals surface area (Å²) in [5.41, 5.74) is 3.80. The number of carbonyl (C=O) groups is 1. The number of nitrogens with zero attached hydrogens (tertiary/aromatic N) is 2. The summed E-state index contributed by atoms with van der Waals surface area (Å²) < 4.78 is 28.3. The number of benzene rings is 3. The molecule has 1 aliphatic rings. The lowest BCUT2D eigenvalue weighted by molar-refractivity contribution is -0.119. The summed E-state index contributed by atoms with van der Waals surface area (Å²) >= 11 is 5.95. The number of rotatable bonds is 6. The Bertz CT molecular complexity index is 1240. The summed E-state index contributed by atoms with van der Waals surface area (Å²) in [6.45, 7) is 3.78. The Kier molecular flexibility index (Phi) is 6.38.